The van der Waals surface area contributed by atoms with Gasteiger partial charge in [0.15, 0.2) is 0 Å². The van der Waals surface area contributed by atoms with E-state index in [2.05, 4.69) is 61.5 Å². The molecule has 1 fully saturated rings. The van der Waals surface area contributed by atoms with Crippen LogP contribution in [0.5, 0.6) is 0 Å². The molecule has 2 aromatic carbocycles. The first-order chi connectivity index (χ1) is 9.26. The molecule has 0 aliphatic heterocycles. The Morgan fingerprint density at radius 1 is 1.05 bits per heavy atom. The number of rotatable bonds is 4. The summed E-state index contributed by atoms with van der Waals surface area (Å²) in [5.74, 6) is 0. The lowest BCUT2D eigenvalue weighted by Gasteiger charge is -2.24. The quantitative estimate of drug-likeness (QED) is 0.874. The van der Waals surface area contributed by atoms with Crippen molar-refractivity contribution in [2.45, 2.75) is 37.6 Å². The second-order valence-corrected chi connectivity index (χ2v) is 5.60. The van der Waals surface area contributed by atoms with Crippen LogP contribution in [0.25, 0.3) is 0 Å². The Balaban J connectivity index is 1.93. The van der Waals surface area contributed by atoms with Gasteiger partial charge in [0.2, 0.25) is 0 Å². The monoisotopic (exact) mass is 251 g/mol. The highest BCUT2D eigenvalue weighted by atomic mass is 14.7. The van der Waals surface area contributed by atoms with E-state index in [-0.39, 0.29) is 11.5 Å². The average molecular weight is 251 g/mol. The molecular weight excluding hydrogens is 230 g/mol. The van der Waals surface area contributed by atoms with Crippen molar-refractivity contribution in [2.24, 2.45) is 5.73 Å². The van der Waals surface area contributed by atoms with Crippen LogP contribution in [0.15, 0.2) is 54.6 Å². The van der Waals surface area contributed by atoms with Crippen LogP contribution >= 0.6 is 0 Å². The molecule has 1 aliphatic carbocycles. The Morgan fingerprint density at radius 3 is 2.42 bits per heavy atom. The molecule has 2 aromatic rings. The highest BCUT2D eigenvalue weighted by molar-refractivity contribution is 5.39. The maximum Gasteiger partial charge on any atom is 0.0393 e. The van der Waals surface area contributed by atoms with Crippen LogP contribution in [-0.4, -0.2) is 0 Å². The van der Waals surface area contributed by atoms with Crippen LogP contribution in [-0.2, 0) is 11.8 Å². The van der Waals surface area contributed by atoms with Gasteiger partial charge in [-0.05, 0) is 36.0 Å². The second-order valence-electron chi connectivity index (χ2n) is 5.60. The molecule has 0 saturated heterocycles. The minimum absolute atomic E-state index is 0.112. The maximum absolute atomic E-state index is 6.59. The van der Waals surface area contributed by atoms with Crippen molar-refractivity contribution in [3.63, 3.8) is 0 Å². The van der Waals surface area contributed by atoms with E-state index >= 15 is 0 Å². The molecule has 1 saturated carbocycles. The van der Waals surface area contributed by atoms with E-state index in [4.69, 9.17) is 5.73 Å². The smallest absolute Gasteiger partial charge is 0.0393 e. The summed E-state index contributed by atoms with van der Waals surface area (Å²) in [7, 11) is 0. The molecule has 0 heterocycles. The molecule has 3 rings (SSSR count). The van der Waals surface area contributed by atoms with Gasteiger partial charge in [-0.1, -0.05) is 61.5 Å². The summed E-state index contributed by atoms with van der Waals surface area (Å²) >= 11 is 0. The summed E-state index contributed by atoms with van der Waals surface area (Å²) in [6.07, 6.45) is 3.47. The van der Waals surface area contributed by atoms with E-state index in [1.54, 1.807) is 0 Å². The average Bonchev–Trinajstić information content (AvgIpc) is 3.29. The van der Waals surface area contributed by atoms with Crippen molar-refractivity contribution in [3.05, 3.63) is 71.3 Å². The molecule has 2 N–H and O–H groups in total. The van der Waals surface area contributed by atoms with Gasteiger partial charge in [-0.3, -0.25) is 0 Å². The first kappa shape index (κ1) is 12.4. The minimum Gasteiger partial charge on any atom is -0.323 e. The van der Waals surface area contributed by atoms with Crippen molar-refractivity contribution >= 4 is 0 Å². The first-order valence-corrected chi connectivity index (χ1v) is 7.16. The molecular formula is C18H21N. The number of benzene rings is 2. The van der Waals surface area contributed by atoms with E-state index in [0.717, 1.165) is 6.42 Å². The van der Waals surface area contributed by atoms with Crippen LogP contribution in [0.2, 0.25) is 0 Å². The van der Waals surface area contributed by atoms with Gasteiger partial charge in [0.05, 0.1) is 0 Å². The predicted molar refractivity (Wildman–Crippen MR) is 80.1 cm³/mol. The molecule has 98 valence electrons. The number of hydrogen-bond donors (Lipinski definition) is 1. The van der Waals surface area contributed by atoms with Gasteiger partial charge in [-0.15, -0.1) is 0 Å². The predicted octanol–water partition coefficient (Wildman–Crippen LogP) is 3.98. The fourth-order valence-corrected chi connectivity index (χ4v) is 3.01. The highest BCUT2D eigenvalue weighted by Crippen LogP contribution is 2.55. The van der Waals surface area contributed by atoms with Crippen molar-refractivity contribution < 1.29 is 0 Å². The zero-order valence-electron chi connectivity index (χ0n) is 11.5. The molecule has 1 atom stereocenters. The Kier molecular flexibility index (Phi) is 3.16. The molecule has 0 bridgehead atoms. The van der Waals surface area contributed by atoms with Gasteiger partial charge >= 0.3 is 0 Å². The van der Waals surface area contributed by atoms with Crippen LogP contribution < -0.4 is 5.73 Å². The second kappa shape index (κ2) is 4.82. The van der Waals surface area contributed by atoms with Crippen molar-refractivity contribution in [1.82, 2.24) is 0 Å². The summed E-state index contributed by atoms with van der Waals surface area (Å²) < 4.78 is 0. The minimum atomic E-state index is 0.112. The summed E-state index contributed by atoms with van der Waals surface area (Å²) in [4.78, 5) is 0. The summed E-state index contributed by atoms with van der Waals surface area (Å²) in [5.41, 5.74) is 10.8. The van der Waals surface area contributed by atoms with E-state index in [9.17, 15) is 0 Å². The van der Waals surface area contributed by atoms with Crippen molar-refractivity contribution in [2.75, 3.05) is 0 Å². The number of hydrogen-bond acceptors (Lipinski definition) is 1. The maximum atomic E-state index is 6.59. The van der Waals surface area contributed by atoms with Gasteiger partial charge in [0.25, 0.3) is 0 Å². The Labute approximate surface area is 115 Å². The van der Waals surface area contributed by atoms with Crippen molar-refractivity contribution in [3.8, 4) is 0 Å². The number of aryl methyl sites for hydroxylation is 1. The van der Waals surface area contributed by atoms with E-state index in [0.29, 0.717) is 0 Å². The summed E-state index contributed by atoms with van der Waals surface area (Å²) in [5, 5.41) is 0. The zero-order valence-corrected chi connectivity index (χ0v) is 11.5. The summed E-state index contributed by atoms with van der Waals surface area (Å²) in [6, 6.07) is 19.6. The Hall–Kier alpha value is -1.60. The molecule has 1 unspecified atom stereocenters. The molecule has 1 nitrogen and oxygen atoms in total. The molecule has 19 heavy (non-hydrogen) atoms. The van der Waals surface area contributed by atoms with Gasteiger partial charge in [0.1, 0.15) is 0 Å². The third-order valence-corrected chi connectivity index (χ3v) is 4.45. The van der Waals surface area contributed by atoms with E-state index in [1.807, 2.05) is 0 Å². The van der Waals surface area contributed by atoms with E-state index in [1.165, 1.54) is 29.5 Å². The molecule has 0 amide bonds. The Morgan fingerprint density at radius 2 is 1.79 bits per heavy atom. The van der Waals surface area contributed by atoms with Crippen LogP contribution in [0.3, 0.4) is 0 Å². The first-order valence-electron chi connectivity index (χ1n) is 7.16. The SMILES string of the molecule is CCc1cccc(C(N)C2(c3ccccc3)CC2)c1. The van der Waals surface area contributed by atoms with Gasteiger partial charge < -0.3 is 5.73 Å². The van der Waals surface area contributed by atoms with Crippen LogP contribution in [0.1, 0.15) is 42.5 Å². The molecule has 0 aromatic heterocycles. The lowest BCUT2D eigenvalue weighted by atomic mass is 9.84. The molecule has 0 spiro atoms. The number of nitrogens with two attached hydrogens (primary N) is 1. The fourth-order valence-electron chi connectivity index (χ4n) is 3.01. The largest absolute Gasteiger partial charge is 0.323 e. The highest BCUT2D eigenvalue weighted by Gasteiger charge is 2.49. The topological polar surface area (TPSA) is 26.0 Å². The fraction of sp³-hybridized carbons (Fsp3) is 0.333. The molecule has 1 aliphatic rings. The van der Waals surface area contributed by atoms with Crippen LogP contribution in [0, 0.1) is 0 Å². The standard InChI is InChI=1S/C18H21N/c1-2-14-7-6-8-15(13-14)17(19)18(11-12-18)16-9-4-3-5-10-16/h3-10,13,17H,2,11-12,19H2,1H3. The Bertz CT molecular complexity index is 555. The third-order valence-electron chi connectivity index (χ3n) is 4.45. The molecule has 0 radical (unpaired) electrons. The summed E-state index contributed by atoms with van der Waals surface area (Å²) in [6.45, 7) is 2.19. The normalized spacial score (nSPS) is 18.0. The van der Waals surface area contributed by atoms with E-state index < -0.39 is 0 Å². The van der Waals surface area contributed by atoms with Gasteiger partial charge in [-0.2, -0.15) is 0 Å². The van der Waals surface area contributed by atoms with Crippen molar-refractivity contribution in [1.29, 1.82) is 0 Å². The van der Waals surface area contributed by atoms with Gasteiger partial charge in [-0.25, -0.2) is 0 Å². The van der Waals surface area contributed by atoms with Gasteiger partial charge in [0, 0.05) is 11.5 Å². The zero-order chi connectivity index (χ0) is 13.3. The lowest BCUT2D eigenvalue weighted by Crippen LogP contribution is -2.26. The van der Waals surface area contributed by atoms with Crippen LogP contribution in [0.4, 0.5) is 0 Å². The lowest BCUT2D eigenvalue weighted by molar-refractivity contribution is 0.541. The third kappa shape index (κ3) is 2.19. The molecule has 1 heteroatoms.